The fourth-order valence-electron chi connectivity index (χ4n) is 2.93. The van der Waals surface area contributed by atoms with Gasteiger partial charge in [-0.1, -0.05) is 49.4 Å². The van der Waals surface area contributed by atoms with Gasteiger partial charge < -0.3 is 15.8 Å². The minimum absolute atomic E-state index is 0.0155. The molecule has 1 atom stereocenters. The lowest BCUT2D eigenvalue weighted by atomic mass is 9.97. The number of ether oxygens (including phenoxy) is 1. The number of amides is 1. The number of hydrogen-bond acceptors (Lipinski definition) is 3. The first-order chi connectivity index (χ1) is 14.2. The first kappa shape index (κ1) is 21.5. The van der Waals surface area contributed by atoms with Crippen LogP contribution in [0, 0.1) is 5.82 Å². The van der Waals surface area contributed by atoms with E-state index in [2.05, 4.69) is 5.32 Å². The standard InChI is InChI=1S/C25H27FN2O2/c1-17(19-9-14-22(23(26)15-19)18-7-5-4-6-8-18)16-30-21-12-10-20(11-13-21)28-24(29)25(2,3)27/h4-15,17H,16,27H2,1-3H3,(H,28,29). The van der Waals surface area contributed by atoms with Gasteiger partial charge in [0, 0.05) is 17.2 Å². The molecule has 0 fully saturated rings. The molecule has 0 aliphatic carbocycles. The molecule has 0 radical (unpaired) electrons. The van der Waals surface area contributed by atoms with Gasteiger partial charge in [-0.2, -0.15) is 0 Å². The highest BCUT2D eigenvalue weighted by molar-refractivity contribution is 5.97. The van der Waals surface area contributed by atoms with E-state index in [4.69, 9.17) is 10.5 Å². The van der Waals surface area contributed by atoms with E-state index in [0.717, 1.165) is 11.1 Å². The first-order valence-corrected chi connectivity index (χ1v) is 9.92. The molecule has 0 spiro atoms. The predicted molar refractivity (Wildman–Crippen MR) is 119 cm³/mol. The Morgan fingerprint density at radius 2 is 1.73 bits per heavy atom. The molecule has 3 aromatic carbocycles. The number of nitrogens with two attached hydrogens (primary N) is 1. The van der Waals surface area contributed by atoms with Gasteiger partial charge in [-0.15, -0.1) is 0 Å². The zero-order valence-electron chi connectivity index (χ0n) is 17.5. The quantitative estimate of drug-likeness (QED) is 0.556. The van der Waals surface area contributed by atoms with Crippen molar-refractivity contribution in [3.05, 3.63) is 84.2 Å². The molecule has 0 saturated heterocycles. The van der Waals surface area contributed by atoms with Crippen molar-refractivity contribution in [3.63, 3.8) is 0 Å². The van der Waals surface area contributed by atoms with Crippen LogP contribution in [0.5, 0.6) is 5.75 Å². The summed E-state index contributed by atoms with van der Waals surface area (Å²) in [5.41, 5.74) is 7.81. The molecule has 3 aromatic rings. The number of halogens is 1. The Hall–Kier alpha value is -3.18. The van der Waals surface area contributed by atoms with Gasteiger partial charge in [-0.3, -0.25) is 4.79 Å². The lowest BCUT2D eigenvalue weighted by Gasteiger charge is -2.18. The van der Waals surface area contributed by atoms with Gasteiger partial charge in [-0.25, -0.2) is 4.39 Å². The van der Waals surface area contributed by atoms with Crippen LogP contribution in [0.4, 0.5) is 10.1 Å². The maximum atomic E-state index is 14.6. The molecule has 0 aromatic heterocycles. The van der Waals surface area contributed by atoms with Gasteiger partial charge in [0.25, 0.3) is 0 Å². The molecule has 1 unspecified atom stereocenters. The Labute approximate surface area is 176 Å². The van der Waals surface area contributed by atoms with Crippen molar-refractivity contribution in [1.82, 2.24) is 0 Å². The van der Waals surface area contributed by atoms with E-state index in [9.17, 15) is 9.18 Å². The van der Waals surface area contributed by atoms with Crippen molar-refractivity contribution in [2.24, 2.45) is 5.73 Å². The Balaban J connectivity index is 1.60. The summed E-state index contributed by atoms with van der Waals surface area (Å²) in [6.07, 6.45) is 0. The summed E-state index contributed by atoms with van der Waals surface area (Å²) in [5.74, 6) is 0.189. The molecule has 5 heteroatoms. The van der Waals surface area contributed by atoms with Crippen LogP contribution in [-0.2, 0) is 4.79 Å². The normalized spacial score (nSPS) is 12.3. The van der Waals surface area contributed by atoms with Gasteiger partial charge in [0.15, 0.2) is 0 Å². The average molecular weight is 407 g/mol. The van der Waals surface area contributed by atoms with E-state index >= 15 is 0 Å². The second-order valence-electron chi connectivity index (χ2n) is 8.02. The summed E-state index contributed by atoms with van der Waals surface area (Å²) in [5, 5.41) is 2.76. The minimum atomic E-state index is -0.948. The van der Waals surface area contributed by atoms with Crippen LogP contribution in [0.15, 0.2) is 72.8 Å². The van der Waals surface area contributed by atoms with Crippen LogP contribution in [0.2, 0.25) is 0 Å². The fourth-order valence-corrected chi connectivity index (χ4v) is 2.93. The molecule has 0 saturated carbocycles. The molecule has 3 rings (SSSR count). The molecule has 0 bridgehead atoms. The summed E-state index contributed by atoms with van der Waals surface area (Å²) in [6.45, 7) is 5.70. The molecule has 4 nitrogen and oxygen atoms in total. The monoisotopic (exact) mass is 406 g/mol. The van der Waals surface area contributed by atoms with E-state index < -0.39 is 5.54 Å². The first-order valence-electron chi connectivity index (χ1n) is 9.92. The third-order valence-electron chi connectivity index (χ3n) is 4.84. The van der Waals surface area contributed by atoms with Crippen LogP contribution >= 0.6 is 0 Å². The number of rotatable bonds is 7. The van der Waals surface area contributed by atoms with Gasteiger partial charge in [0.2, 0.25) is 5.91 Å². The summed E-state index contributed by atoms with van der Waals surface area (Å²) in [4.78, 5) is 11.9. The Morgan fingerprint density at radius 3 is 2.33 bits per heavy atom. The number of nitrogens with one attached hydrogen (secondary N) is 1. The number of carbonyl (C=O) groups excluding carboxylic acids is 1. The van der Waals surface area contributed by atoms with Crippen molar-refractivity contribution in [3.8, 4) is 16.9 Å². The van der Waals surface area contributed by atoms with E-state index in [0.29, 0.717) is 23.6 Å². The Kier molecular flexibility index (Phi) is 6.53. The molecule has 1 amide bonds. The lowest BCUT2D eigenvalue weighted by molar-refractivity contribution is -0.120. The zero-order valence-corrected chi connectivity index (χ0v) is 17.5. The smallest absolute Gasteiger partial charge is 0.243 e. The highest BCUT2D eigenvalue weighted by Gasteiger charge is 2.21. The van der Waals surface area contributed by atoms with Gasteiger partial charge in [-0.05, 0) is 55.3 Å². The summed E-state index contributed by atoms with van der Waals surface area (Å²) >= 11 is 0. The minimum Gasteiger partial charge on any atom is -0.493 e. The van der Waals surface area contributed by atoms with Crippen molar-refractivity contribution in [2.75, 3.05) is 11.9 Å². The number of anilines is 1. The largest absolute Gasteiger partial charge is 0.493 e. The van der Waals surface area contributed by atoms with Gasteiger partial charge >= 0.3 is 0 Å². The molecule has 30 heavy (non-hydrogen) atoms. The third kappa shape index (κ3) is 5.45. The number of hydrogen-bond donors (Lipinski definition) is 2. The highest BCUT2D eigenvalue weighted by atomic mass is 19.1. The Morgan fingerprint density at radius 1 is 1.07 bits per heavy atom. The maximum absolute atomic E-state index is 14.6. The predicted octanol–water partition coefficient (Wildman–Crippen LogP) is 5.35. The van der Waals surface area contributed by atoms with Gasteiger partial charge in [0.05, 0.1) is 12.1 Å². The maximum Gasteiger partial charge on any atom is 0.243 e. The Bertz CT molecular complexity index is 996. The van der Waals surface area contributed by atoms with Crippen molar-refractivity contribution >= 4 is 11.6 Å². The van der Waals surface area contributed by atoms with E-state index in [1.807, 2.05) is 49.4 Å². The van der Waals surface area contributed by atoms with Crippen molar-refractivity contribution < 1.29 is 13.9 Å². The van der Waals surface area contributed by atoms with Crippen molar-refractivity contribution in [1.29, 1.82) is 0 Å². The van der Waals surface area contributed by atoms with Crippen LogP contribution in [0.1, 0.15) is 32.3 Å². The third-order valence-corrected chi connectivity index (χ3v) is 4.84. The summed E-state index contributed by atoms with van der Waals surface area (Å²) in [7, 11) is 0. The fraction of sp³-hybridized carbons (Fsp3) is 0.240. The SMILES string of the molecule is CC(COc1ccc(NC(=O)C(C)(C)N)cc1)c1ccc(-c2ccccc2)c(F)c1. The molecule has 0 heterocycles. The lowest BCUT2D eigenvalue weighted by Crippen LogP contribution is -2.45. The van der Waals surface area contributed by atoms with Crippen LogP contribution in [-0.4, -0.2) is 18.1 Å². The van der Waals surface area contributed by atoms with Crippen molar-refractivity contribution in [2.45, 2.75) is 32.2 Å². The molecule has 156 valence electrons. The molecular formula is C25H27FN2O2. The number of benzene rings is 3. The second-order valence-corrected chi connectivity index (χ2v) is 8.02. The topological polar surface area (TPSA) is 64.3 Å². The zero-order chi connectivity index (χ0) is 21.7. The molecule has 3 N–H and O–H groups in total. The van der Waals surface area contributed by atoms with Crippen LogP contribution < -0.4 is 15.8 Å². The molecule has 0 aliphatic rings. The van der Waals surface area contributed by atoms with Crippen LogP contribution in [0.25, 0.3) is 11.1 Å². The highest BCUT2D eigenvalue weighted by Crippen LogP contribution is 2.27. The molecule has 0 aliphatic heterocycles. The van der Waals surface area contributed by atoms with Gasteiger partial charge in [0.1, 0.15) is 11.6 Å². The summed E-state index contributed by atoms with van der Waals surface area (Å²) < 4.78 is 20.5. The van der Waals surface area contributed by atoms with E-state index in [1.54, 1.807) is 44.2 Å². The second kappa shape index (κ2) is 9.09. The van der Waals surface area contributed by atoms with E-state index in [-0.39, 0.29) is 17.6 Å². The number of carbonyl (C=O) groups is 1. The molecular weight excluding hydrogens is 379 g/mol. The van der Waals surface area contributed by atoms with Crippen LogP contribution in [0.3, 0.4) is 0 Å². The average Bonchev–Trinajstić information content (AvgIpc) is 2.73. The van der Waals surface area contributed by atoms with E-state index in [1.165, 1.54) is 0 Å². The summed E-state index contributed by atoms with van der Waals surface area (Å²) in [6, 6.07) is 21.9.